The second kappa shape index (κ2) is 7.61. The smallest absolute Gasteiger partial charge is 0.243 e. The molecule has 1 aliphatic heterocycles. The highest BCUT2D eigenvalue weighted by atomic mass is 35.5. The fourth-order valence-corrected chi connectivity index (χ4v) is 3.73. The number of amides is 1. The van der Waals surface area contributed by atoms with Crippen LogP contribution in [0.2, 0.25) is 0 Å². The van der Waals surface area contributed by atoms with Gasteiger partial charge in [0, 0.05) is 18.1 Å². The number of pyridine rings is 1. The minimum Gasteiger partial charge on any atom is -0.280 e. The average molecular weight is 376 g/mol. The lowest BCUT2D eigenvalue weighted by atomic mass is 9.74. The first-order valence-electron chi connectivity index (χ1n) is 8.51. The Morgan fingerprint density at radius 3 is 2.33 bits per heavy atom. The number of aromatic nitrogens is 1. The van der Waals surface area contributed by atoms with E-state index in [1.807, 2.05) is 66.7 Å². The Kier molecular flexibility index (Phi) is 5.25. The van der Waals surface area contributed by atoms with E-state index in [0.717, 1.165) is 22.5 Å². The van der Waals surface area contributed by atoms with Gasteiger partial charge in [0.2, 0.25) is 5.91 Å². The summed E-state index contributed by atoms with van der Waals surface area (Å²) < 4.78 is 0. The van der Waals surface area contributed by atoms with Crippen molar-refractivity contribution in [3.8, 4) is 6.07 Å². The number of carbonyl (C=O) groups excluding carboxylic acids is 1. The molecule has 0 N–H and O–H groups in total. The minimum atomic E-state index is -0.886. The number of para-hydroxylation sites is 2. The largest absolute Gasteiger partial charge is 0.280 e. The van der Waals surface area contributed by atoms with Crippen LogP contribution in [-0.2, 0) is 16.6 Å². The van der Waals surface area contributed by atoms with E-state index in [1.165, 1.54) is 0 Å². The van der Waals surface area contributed by atoms with Crippen molar-refractivity contribution < 1.29 is 4.79 Å². The van der Waals surface area contributed by atoms with Gasteiger partial charge < -0.3 is 0 Å². The van der Waals surface area contributed by atoms with E-state index in [9.17, 15) is 10.1 Å². The van der Waals surface area contributed by atoms with Crippen molar-refractivity contribution in [1.29, 1.82) is 5.26 Å². The number of halogens is 1. The van der Waals surface area contributed by atoms with Gasteiger partial charge in [0.25, 0.3) is 0 Å². The number of hydrogen-bond acceptors (Lipinski definition) is 3. The Morgan fingerprint density at radius 2 is 1.63 bits per heavy atom. The first-order valence-corrected chi connectivity index (χ1v) is 8.51. The number of hydrogen-bond donors (Lipinski definition) is 0. The summed E-state index contributed by atoms with van der Waals surface area (Å²) in [6, 6.07) is 23.4. The van der Waals surface area contributed by atoms with Crippen molar-refractivity contribution in [2.75, 3.05) is 4.90 Å². The summed E-state index contributed by atoms with van der Waals surface area (Å²) in [5.41, 5.74) is 2.69. The Bertz CT molecular complexity index is 985. The quantitative estimate of drug-likeness (QED) is 0.670. The molecule has 4 nitrogen and oxygen atoms in total. The topological polar surface area (TPSA) is 57.0 Å². The molecule has 1 unspecified atom stereocenters. The van der Waals surface area contributed by atoms with E-state index in [4.69, 9.17) is 0 Å². The molecule has 0 aliphatic carbocycles. The molecule has 2 aromatic carbocycles. The van der Waals surface area contributed by atoms with Gasteiger partial charge in [-0.2, -0.15) is 5.26 Å². The fraction of sp³-hybridized carbons (Fsp3) is 0.136. The first kappa shape index (κ1) is 18.6. The molecule has 2 heterocycles. The summed E-state index contributed by atoms with van der Waals surface area (Å²) in [5.74, 6) is -0.0525. The van der Waals surface area contributed by atoms with Gasteiger partial charge in [-0.15, -0.1) is 12.4 Å². The normalized spacial score (nSPS) is 17.7. The Morgan fingerprint density at radius 1 is 0.963 bits per heavy atom. The van der Waals surface area contributed by atoms with Crippen LogP contribution >= 0.6 is 12.4 Å². The zero-order chi connectivity index (χ0) is 18.0. The van der Waals surface area contributed by atoms with Crippen molar-refractivity contribution in [1.82, 2.24) is 4.98 Å². The Hall–Kier alpha value is -3.16. The molecule has 1 atom stereocenters. The van der Waals surface area contributed by atoms with Crippen LogP contribution in [0.5, 0.6) is 0 Å². The van der Waals surface area contributed by atoms with Crippen LogP contribution in [0.3, 0.4) is 0 Å². The van der Waals surface area contributed by atoms with Crippen LogP contribution < -0.4 is 4.90 Å². The molecule has 134 valence electrons. The number of carbonyl (C=O) groups is 1. The standard InChI is InChI=1S/C22H17N3O.ClH/c23-13-12-22(16-17-10-14-24-15-11-17)19-8-4-5-9-20(19)25(21(22)26)18-6-2-1-3-7-18;/h1-11,14-15H,12,16H2;1H. The third-order valence-corrected chi connectivity index (χ3v) is 4.92. The van der Waals surface area contributed by atoms with E-state index in [-0.39, 0.29) is 24.7 Å². The molecule has 0 saturated carbocycles. The van der Waals surface area contributed by atoms with E-state index < -0.39 is 5.41 Å². The monoisotopic (exact) mass is 375 g/mol. The lowest BCUT2D eigenvalue weighted by Gasteiger charge is -2.26. The molecular weight excluding hydrogens is 358 g/mol. The SMILES string of the molecule is Cl.N#CCC1(Cc2ccncc2)C(=O)N(c2ccccc2)c2ccccc21. The summed E-state index contributed by atoms with van der Waals surface area (Å²) >= 11 is 0. The highest BCUT2D eigenvalue weighted by Crippen LogP contribution is 2.48. The Labute approximate surface area is 164 Å². The minimum absolute atomic E-state index is 0. The van der Waals surface area contributed by atoms with Gasteiger partial charge in [-0.1, -0.05) is 36.4 Å². The molecule has 0 fully saturated rings. The van der Waals surface area contributed by atoms with Gasteiger partial charge in [0.05, 0.1) is 23.6 Å². The molecule has 3 aromatic rings. The van der Waals surface area contributed by atoms with Crippen LogP contribution in [-0.4, -0.2) is 10.9 Å². The van der Waals surface area contributed by atoms with Crippen LogP contribution in [0.15, 0.2) is 79.1 Å². The van der Waals surface area contributed by atoms with Crippen LogP contribution in [0.25, 0.3) is 0 Å². The zero-order valence-corrected chi connectivity index (χ0v) is 15.4. The van der Waals surface area contributed by atoms with Gasteiger partial charge in [0.15, 0.2) is 0 Å². The third kappa shape index (κ3) is 3.07. The summed E-state index contributed by atoms with van der Waals surface area (Å²) in [5, 5.41) is 9.54. The molecule has 1 aliphatic rings. The summed E-state index contributed by atoms with van der Waals surface area (Å²) in [6.07, 6.45) is 4.04. The van der Waals surface area contributed by atoms with E-state index in [1.54, 1.807) is 17.3 Å². The van der Waals surface area contributed by atoms with Crippen molar-refractivity contribution in [2.45, 2.75) is 18.3 Å². The average Bonchev–Trinajstić information content (AvgIpc) is 2.92. The van der Waals surface area contributed by atoms with Gasteiger partial charge in [-0.25, -0.2) is 0 Å². The fourth-order valence-electron chi connectivity index (χ4n) is 3.73. The Balaban J connectivity index is 0.00000210. The van der Waals surface area contributed by atoms with Gasteiger partial charge in [-0.3, -0.25) is 14.7 Å². The highest BCUT2D eigenvalue weighted by molar-refractivity contribution is 6.13. The zero-order valence-electron chi connectivity index (χ0n) is 14.6. The lowest BCUT2D eigenvalue weighted by molar-refractivity contribution is -0.122. The van der Waals surface area contributed by atoms with E-state index >= 15 is 0 Å². The maximum Gasteiger partial charge on any atom is 0.243 e. The maximum atomic E-state index is 13.6. The number of rotatable bonds is 4. The molecule has 27 heavy (non-hydrogen) atoms. The van der Waals surface area contributed by atoms with Crippen molar-refractivity contribution in [2.24, 2.45) is 0 Å². The molecule has 1 amide bonds. The van der Waals surface area contributed by atoms with E-state index in [2.05, 4.69) is 11.1 Å². The molecule has 0 radical (unpaired) electrons. The number of nitriles is 1. The number of fused-ring (bicyclic) bond motifs is 1. The molecule has 4 rings (SSSR count). The van der Waals surface area contributed by atoms with Gasteiger partial charge >= 0.3 is 0 Å². The molecule has 1 aromatic heterocycles. The summed E-state index contributed by atoms with van der Waals surface area (Å²) in [7, 11) is 0. The third-order valence-electron chi connectivity index (χ3n) is 4.92. The first-order chi connectivity index (χ1) is 12.8. The maximum absolute atomic E-state index is 13.6. The molecule has 0 spiro atoms. The van der Waals surface area contributed by atoms with Crippen LogP contribution in [0.4, 0.5) is 11.4 Å². The van der Waals surface area contributed by atoms with Crippen LogP contribution in [0, 0.1) is 11.3 Å². The summed E-state index contributed by atoms with van der Waals surface area (Å²) in [6.45, 7) is 0. The second-order valence-corrected chi connectivity index (χ2v) is 6.44. The van der Waals surface area contributed by atoms with Crippen LogP contribution in [0.1, 0.15) is 17.5 Å². The van der Waals surface area contributed by atoms with Crippen molar-refractivity contribution in [3.63, 3.8) is 0 Å². The number of benzene rings is 2. The van der Waals surface area contributed by atoms with Crippen molar-refractivity contribution in [3.05, 3.63) is 90.3 Å². The molecule has 0 bridgehead atoms. The molecular formula is C22H18ClN3O. The highest BCUT2D eigenvalue weighted by Gasteiger charge is 2.51. The number of nitrogens with zero attached hydrogens (tertiary/aromatic N) is 3. The van der Waals surface area contributed by atoms with E-state index in [0.29, 0.717) is 6.42 Å². The summed E-state index contributed by atoms with van der Waals surface area (Å²) in [4.78, 5) is 19.4. The molecule has 5 heteroatoms. The molecule has 0 saturated heterocycles. The number of anilines is 2. The predicted octanol–water partition coefficient (Wildman–Crippen LogP) is 4.58. The lowest BCUT2D eigenvalue weighted by Crippen LogP contribution is -2.40. The van der Waals surface area contributed by atoms with Gasteiger partial charge in [0.1, 0.15) is 0 Å². The second-order valence-electron chi connectivity index (χ2n) is 6.44. The van der Waals surface area contributed by atoms with Crippen molar-refractivity contribution >= 4 is 29.7 Å². The van der Waals surface area contributed by atoms with Gasteiger partial charge in [-0.05, 0) is 47.9 Å². The predicted molar refractivity (Wildman–Crippen MR) is 107 cm³/mol.